The van der Waals surface area contributed by atoms with Crippen molar-refractivity contribution in [3.8, 4) is 0 Å². The minimum Gasteiger partial charge on any atom is -0.321 e. The third-order valence-electron chi connectivity index (χ3n) is 8.92. The highest BCUT2D eigenvalue weighted by Gasteiger charge is 2.10. The molecule has 3 N–H and O–H groups in total. The van der Waals surface area contributed by atoms with Crippen LogP contribution in [0.1, 0.15) is 30.1 Å². The van der Waals surface area contributed by atoms with Crippen LogP contribution in [-0.2, 0) is 0 Å². The number of H-pyrrole nitrogens is 3. The summed E-state index contributed by atoms with van der Waals surface area (Å²) < 4.78 is 0.845. The quantitative estimate of drug-likeness (QED) is 0.133. The number of benzene rings is 3. The van der Waals surface area contributed by atoms with E-state index in [2.05, 4.69) is 45.8 Å². The van der Waals surface area contributed by atoms with Crippen molar-refractivity contribution in [1.82, 2.24) is 29.9 Å². The Kier molecular flexibility index (Phi) is 9.62. The summed E-state index contributed by atoms with van der Waals surface area (Å²) in [6.45, 7) is 7.74. The second-order valence-electron chi connectivity index (χ2n) is 12.1. The lowest BCUT2D eigenvalue weighted by Crippen LogP contribution is -2.07. The molecular formula is C41H35BrN6O3. The molecule has 0 saturated heterocycles. The zero-order chi connectivity index (χ0) is 35.1. The number of aromatic amines is 3. The number of hydrogen-bond donors (Lipinski definition) is 3. The smallest absolute Gasteiger partial charge is 0.256 e. The Hall–Kier alpha value is -6.00. The first-order chi connectivity index (χ1) is 24.1. The number of aryl methyl sites for hydroxylation is 4. The fourth-order valence-electron chi connectivity index (χ4n) is 6.16. The van der Waals surface area contributed by atoms with Crippen molar-refractivity contribution < 1.29 is 0 Å². The van der Waals surface area contributed by atoms with Crippen LogP contribution in [0, 0.1) is 27.7 Å². The molecule has 0 spiro atoms. The zero-order valence-electron chi connectivity index (χ0n) is 27.7. The number of hydrogen-bond acceptors (Lipinski definition) is 6. The van der Waals surface area contributed by atoms with Crippen LogP contribution in [0.5, 0.6) is 0 Å². The normalized spacial score (nSPS) is 10.9. The topological polar surface area (TPSA) is 137 Å². The highest BCUT2D eigenvalue weighted by Crippen LogP contribution is 2.28. The predicted octanol–water partition coefficient (Wildman–Crippen LogP) is 8.86. The Morgan fingerprint density at radius 1 is 0.490 bits per heavy atom. The van der Waals surface area contributed by atoms with Gasteiger partial charge in [0.2, 0.25) is 0 Å². The Labute approximate surface area is 300 Å². The average molecular weight is 740 g/mol. The predicted molar refractivity (Wildman–Crippen MR) is 213 cm³/mol. The van der Waals surface area contributed by atoms with E-state index in [0.717, 1.165) is 76.0 Å². The molecule has 0 aliphatic heterocycles. The minimum absolute atomic E-state index is 0. The summed E-state index contributed by atoms with van der Waals surface area (Å²) in [5.74, 6) is 0. The van der Waals surface area contributed by atoms with Gasteiger partial charge in [0.15, 0.2) is 0 Å². The zero-order valence-corrected chi connectivity index (χ0v) is 29.3. The Morgan fingerprint density at radius 2 is 0.902 bits per heavy atom. The molecule has 6 heterocycles. The summed E-state index contributed by atoms with van der Waals surface area (Å²) in [6.07, 6.45) is 5.44. The van der Waals surface area contributed by atoms with E-state index in [1.807, 2.05) is 119 Å². The van der Waals surface area contributed by atoms with E-state index >= 15 is 0 Å². The Balaban J connectivity index is 0.000000131. The molecule has 0 aliphatic carbocycles. The molecule has 0 unspecified atom stereocenters. The van der Waals surface area contributed by atoms with Gasteiger partial charge in [-0.15, -0.1) is 0 Å². The van der Waals surface area contributed by atoms with Gasteiger partial charge in [-0.25, -0.2) is 0 Å². The van der Waals surface area contributed by atoms with Gasteiger partial charge in [0, 0.05) is 62.3 Å². The molecule has 51 heavy (non-hydrogen) atoms. The highest BCUT2D eigenvalue weighted by molar-refractivity contribution is 9.10. The van der Waals surface area contributed by atoms with Crippen LogP contribution < -0.4 is 16.7 Å². The molecule has 0 saturated carbocycles. The van der Waals surface area contributed by atoms with E-state index in [0.29, 0.717) is 16.2 Å². The molecule has 9 aromatic rings. The van der Waals surface area contributed by atoms with E-state index in [1.165, 1.54) is 0 Å². The van der Waals surface area contributed by atoms with Crippen molar-refractivity contribution in [2.75, 3.05) is 0 Å². The molecular weight excluding hydrogens is 704 g/mol. The number of aromatic nitrogens is 6. The highest BCUT2D eigenvalue weighted by atomic mass is 79.9. The van der Waals surface area contributed by atoms with Crippen molar-refractivity contribution in [2.45, 2.75) is 35.1 Å². The Bertz CT molecular complexity index is 2830. The molecule has 6 aromatic heterocycles. The lowest BCUT2D eigenvalue weighted by Gasteiger charge is -2.07. The second-order valence-corrected chi connectivity index (χ2v) is 12.9. The van der Waals surface area contributed by atoms with E-state index < -0.39 is 0 Å². The van der Waals surface area contributed by atoms with Crippen LogP contribution in [0.2, 0.25) is 0 Å². The van der Waals surface area contributed by atoms with Gasteiger partial charge >= 0.3 is 0 Å². The van der Waals surface area contributed by atoms with Crippen molar-refractivity contribution >= 4 is 81.0 Å². The number of halogens is 1. The van der Waals surface area contributed by atoms with Crippen LogP contribution >= 0.6 is 15.9 Å². The first-order valence-corrected chi connectivity index (χ1v) is 16.7. The SMILES string of the molecule is C.Cc1cc2[nH]c(=O)c3ccccc3c2cn1.Cc1ncc2c([nH]c(=O)c3ccccc32)c1Br.Cc1ncc2c([nH]c(=O)c3ccccc32)c1C. The summed E-state index contributed by atoms with van der Waals surface area (Å²) in [5, 5.41) is 7.90. The van der Waals surface area contributed by atoms with Crippen molar-refractivity contribution in [1.29, 1.82) is 0 Å². The lowest BCUT2D eigenvalue weighted by molar-refractivity contribution is 1.16. The summed E-state index contributed by atoms with van der Waals surface area (Å²) in [7, 11) is 0. The fourth-order valence-corrected chi connectivity index (χ4v) is 6.57. The van der Waals surface area contributed by atoms with E-state index in [1.54, 1.807) is 6.20 Å². The molecule has 10 heteroatoms. The monoisotopic (exact) mass is 738 g/mol. The van der Waals surface area contributed by atoms with Crippen molar-refractivity contribution in [3.05, 3.63) is 156 Å². The average Bonchev–Trinajstić information content (AvgIpc) is 3.13. The second kappa shape index (κ2) is 14.1. The fraction of sp³-hybridized carbons (Fsp3) is 0.122. The molecule has 3 aromatic carbocycles. The van der Waals surface area contributed by atoms with Crippen LogP contribution in [-0.4, -0.2) is 29.9 Å². The van der Waals surface area contributed by atoms with Crippen LogP contribution in [0.4, 0.5) is 0 Å². The van der Waals surface area contributed by atoms with Crippen LogP contribution in [0.25, 0.3) is 65.0 Å². The van der Waals surface area contributed by atoms with Gasteiger partial charge in [-0.2, -0.15) is 0 Å². The molecule has 0 radical (unpaired) electrons. The number of nitrogens with one attached hydrogen (secondary N) is 3. The van der Waals surface area contributed by atoms with Crippen LogP contribution in [0.3, 0.4) is 0 Å². The number of pyridine rings is 6. The third-order valence-corrected chi connectivity index (χ3v) is 9.89. The maximum Gasteiger partial charge on any atom is 0.256 e. The van der Waals surface area contributed by atoms with Crippen molar-refractivity contribution in [3.63, 3.8) is 0 Å². The van der Waals surface area contributed by atoms with Gasteiger partial charge in [0.1, 0.15) is 0 Å². The maximum absolute atomic E-state index is 12.0. The van der Waals surface area contributed by atoms with E-state index in [9.17, 15) is 14.4 Å². The standard InChI is InChI=1S/C14H12N2O.C13H9BrN2O.C13H10N2O.CH4/c1-8-9(2)15-7-12-10-5-3-4-6-11(10)14(17)16-13(8)12;1-7-11(14)12-10(6-15-7)8-4-2-3-5-9(8)13(17)16-12;1-8-6-12-11(7-14-8)9-4-2-3-5-10(9)13(16)15-12;/h3-7H,1-2H3,(H,16,17);2-6H,1H3,(H,16,17);2-7H,1H3,(H,15,16);1H4. The van der Waals surface area contributed by atoms with Gasteiger partial charge in [-0.05, 0) is 89.6 Å². The summed E-state index contributed by atoms with van der Waals surface area (Å²) >= 11 is 3.47. The molecule has 0 aliphatic rings. The third kappa shape index (κ3) is 6.41. The molecule has 9 rings (SSSR count). The molecule has 9 nitrogen and oxygen atoms in total. The van der Waals surface area contributed by atoms with Gasteiger partial charge in [0.25, 0.3) is 16.7 Å². The molecule has 0 atom stereocenters. The maximum atomic E-state index is 12.0. The number of rotatable bonds is 0. The van der Waals surface area contributed by atoms with Crippen molar-refractivity contribution in [2.24, 2.45) is 0 Å². The molecule has 0 amide bonds. The number of fused-ring (bicyclic) bond motifs is 9. The van der Waals surface area contributed by atoms with E-state index in [-0.39, 0.29) is 24.1 Å². The van der Waals surface area contributed by atoms with Gasteiger partial charge in [-0.1, -0.05) is 62.0 Å². The first-order valence-electron chi connectivity index (χ1n) is 15.9. The van der Waals surface area contributed by atoms with Crippen LogP contribution in [0.15, 0.2) is 116 Å². The Morgan fingerprint density at radius 3 is 1.45 bits per heavy atom. The molecule has 0 fully saturated rings. The minimum atomic E-state index is -0.0700. The molecule has 254 valence electrons. The van der Waals surface area contributed by atoms with Gasteiger partial charge in [-0.3, -0.25) is 29.3 Å². The summed E-state index contributed by atoms with van der Waals surface area (Å²) in [4.78, 5) is 57.4. The summed E-state index contributed by atoms with van der Waals surface area (Å²) in [6, 6.07) is 24.6. The lowest BCUT2D eigenvalue weighted by atomic mass is 10.1. The number of nitrogens with zero attached hydrogens (tertiary/aromatic N) is 3. The largest absolute Gasteiger partial charge is 0.321 e. The van der Waals surface area contributed by atoms with E-state index in [4.69, 9.17) is 0 Å². The summed E-state index contributed by atoms with van der Waals surface area (Å²) in [5.41, 5.74) is 6.13. The molecule has 0 bridgehead atoms. The van der Waals surface area contributed by atoms with Gasteiger partial charge in [0.05, 0.1) is 26.7 Å². The van der Waals surface area contributed by atoms with Gasteiger partial charge < -0.3 is 15.0 Å². The first kappa shape index (κ1) is 34.8.